The van der Waals surface area contributed by atoms with Gasteiger partial charge >= 0.3 is 0 Å². The van der Waals surface area contributed by atoms with E-state index < -0.39 is 0 Å². The molecule has 18 heavy (non-hydrogen) atoms. The Balaban J connectivity index is 1.74. The number of thiazole rings is 1. The molecule has 3 nitrogen and oxygen atoms in total. The highest BCUT2D eigenvalue weighted by Crippen LogP contribution is 2.15. The maximum absolute atomic E-state index is 4.36. The lowest BCUT2D eigenvalue weighted by Gasteiger charge is -2.06. The maximum atomic E-state index is 4.36. The van der Waals surface area contributed by atoms with Crippen molar-refractivity contribution in [1.29, 1.82) is 0 Å². The standard InChI is InChI=1S/C14H13N3S/c1-2-4-14-13(3-1)11(5-6-16-14)7-15-8-12-9-18-10-17-12/h1-6,9-10,15H,7-8H2. The first-order chi connectivity index (χ1) is 8.93. The third-order valence-electron chi connectivity index (χ3n) is 2.84. The number of nitrogens with one attached hydrogen (secondary N) is 1. The summed E-state index contributed by atoms with van der Waals surface area (Å²) in [6.07, 6.45) is 1.86. The Bertz CT molecular complexity index is 629. The van der Waals surface area contributed by atoms with Crippen LogP contribution in [0.25, 0.3) is 10.9 Å². The van der Waals surface area contributed by atoms with Gasteiger partial charge in [0.2, 0.25) is 0 Å². The molecule has 0 aliphatic rings. The number of hydrogen-bond donors (Lipinski definition) is 1. The molecule has 0 bridgehead atoms. The molecule has 1 aromatic carbocycles. The fraction of sp³-hybridized carbons (Fsp3) is 0.143. The highest BCUT2D eigenvalue weighted by atomic mass is 32.1. The predicted octanol–water partition coefficient (Wildman–Crippen LogP) is 2.98. The van der Waals surface area contributed by atoms with Crippen LogP contribution in [0.15, 0.2) is 47.4 Å². The summed E-state index contributed by atoms with van der Waals surface area (Å²) >= 11 is 1.63. The maximum Gasteiger partial charge on any atom is 0.0795 e. The van der Waals surface area contributed by atoms with E-state index in [9.17, 15) is 0 Å². The van der Waals surface area contributed by atoms with Gasteiger partial charge in [-0.05, 0) is 17.7 Å². The third kappa shape index (κ3) is 2.39. The smallest absolute Gasteiger partial charge is 0.0795 e. The van der Waals surface area contributed by atoms with E-state index in [4.69, 9.17) is 0 Å². The molecule has 0 saturated heterocycles. The Morgan fingerprint density at radius 3 is 2.89 bits per heavy atom. The molecular formula is C14H13N3S. The zero-order chi connectivity index (χ0) is 12.2. The highest BCUT2D eigenvalue weighted by Gasteiger charge is 2.01. The molecule has 0 aliphatic heterocycles. The first-order valence-electron chi connectivity index (χ1n) is 5.84. The van der Waals surface area contributed by atoms with E-state index in [0.29, 0.717) is 0 Å². The van der Waals surface area contributed by atoms with E-state index in [-0.39, 0.29) is 0 Å². The molecular weight excluding hydrogens is 242 g/mol. The minimum Gasteiger partial charge on any atom is -0.307 e. The Morgan fingerprint density at radius 1 is 1.06 bits per heavy atom. The normalized spacial score (nSPS) is 10.9. The summed E-state index contributed by atoms with van der Waals surface area (Å²) < 4.78 is 0. The fourth-order valence-electron chi connectivity index (χ4n) is 1.96. The number of pyridine rings is 1. The van der Waals surface area contributed by atoms with Crippen LogP contribution in [0.3, 0.4) is 0 Å². The topological polar surface area (TPSA) is 37.8 Å². The predicted molar refractivity (Wildman–Crippen MR) is 74.4 cm³/mol. The summed E-state index contributed by atoms with van der Waals surface area (Å²) in [5.41, 5.74) is 5.28. The number of hydrogen-bond acceptors (Lipinski definition) is 4. The molecule has 0 fully saturated rings. The summed E-state index contributed by atoms with van der Waals surface area (Å²) in [7, 11) is 0. The molecule has 0 spiro atoms. The van der Waals surface area contributed by atoms with E-state index in [1.165, 1.54) is 10.9 Å². The van der Waals surface area contributed by atoms with Crippen LogP contribution in [0.4, 0.5) is 0 Å². The van der Waals surface area contributed by atoms with E-state index in [1.54, 1.807) is 11.3 Å². The van der Waals surface area contributed by atoms with Crippen LogP contribution in [0, 0.1) is 0 Å². The molecule has 0 radical (unpaired) electrons. The molecule has 2 aromatic heterocycles. The van der Waals surface area contributed by atoms with Crippen molar-refractivity contribution in [3.8, 4) is 0 Å². The van der Waals surface area contributed by atoms with E-state index in [2.05, 4.69) is 32.8 Å². The Labute approximate surface area is 110 Å². The summed E-state index contributed by atoms with van der Waals surface area (Å²) in [6.45, 7) is 1.64. The number of nitrogens with zero attached hydrogens (tertiary/aromatic N) is 2. The van der Waals surface area contributed by atoms with Crippen LogP contribution in [-0.4, -0.2) is 9.97 Å². The van der Waals surface area contributed by atoms with Crippen molar-refractivity contribution in [3.63, 3.8) is 0 Å². The molecule has 90 valence electrons. The van der Waals surface area contributed by atoms with Gasteiger partial charge in [-0.2, -0.15) is 0 Å². The van der Waals surface area contributed by atoms with E-state index in [1.807, 2.05) is 29.9 Å². The fourth-order valence-corrected chi connectivity index (χ4v) is 2.52. The Morgan fingerprint density at radius 2 is 2.00 bits per heavy atom. The van der Waals surface area contributed by atoms with Crippen LogP contribution < -0.4 is 5.32 Å². The summed E-state index contributed by atoms with van der Waals surface area (Å²) in [6, 6.07) is 10.3. The van der Waals surface area contributed by atoms with Crippen molar-refractivity contribution >= 4 is 22.2 Å². The largest absolute Gasteiger partial charge is 0.307 e. The number of para-hydroxylation sites is 1. The molecule has 4 heteroatoms. The van der Waals surface area contributed by atoms with Crippen molar-refractivity contribution in [2.75, 3.05) is 0 Å². The molecule has 0 atom stereocenters. The first kappa shape index (κ1) is 11.3. The van der Waals surface area contributed by atoms with Crippen LogP contribution in [-0.2, 0) is 13.1 Å². The molecule has 0 amide bonds. The van der Waals surface area contributed by atoms with Crippen molar-refractivity contribution in [3.05, 3.63) is 58.7 Å². The Hall–Kier alpha value is -1.78. The zero-order valence-electron chi connectivity index (χ0n) is 9.84. The van der Waals surface area contributed by atoms with Crippen LogP contribution >= 0.6 is 11.3 Å². The van der Waals surface area contributed by atoms with E-state index >= 15 is 0 Å². The van der Waals surface area contributed by atoms with Gasteiger partial charge in [0.15, 0.2) is 0 Å². The zero-order valence-corrected chi connectivity index (χ0v) is 10.7. The number of rotatable bonds is 4. The minimum absolute atomic E-state index is 0.806. The average molecular weight is 255 g/mol. The van der Waals surface area contributed by atoms with Gasteiger partial charge in [0.05, 0.1) is 16.7 Å². The quantitative estimate of drug-likeness (QED) is 0.779. The van der Waals surface area contributed by atoms with Gasteiger partial charge in [0, 0.05) is 30.1 Å². The molecule has 0 unspecified atom stereocenters. The third-order valence-corrected chi connectivity index (χ3v) is 3.48. The number of fused-ring (bicyclic) bond motifs is 1. The molecule has 0 saturated carbocycles. The van der Waals surface area contributed by atoms with Gasteiger partial charge in [-0.15, -0.1) is 11.3 Å². The molecule has 3 aromatic rings. The SMILES string of the molecule is c1ccc2c(CNCc3cscn3)ccnc2c1. The summed E-state index contributed by atoms with van der Waals surface area (Å²) in [4.78, 5) is 8.61. The van der Waals surface area contributed by atoms with Gasteiger partial charge in [-0.1, -0.05) is 18.2 Å². The molecule has 3 rings (SSSR count). The van der Waals surface area contributed by atoms with Crippen LogP contribution in [0.5, 0.6) is 0 Å². The second-order valence-electron chi connectivity index (χ2n) is 4.07. The van der Waals surface area contributed by atoms with E-state index in [0.717, 1.165) is 24.3 Å². The monoisotopic (exact) mass is 255 g/mol. The van der Waals surface area contributed by atoms with Crippen molar-refractivity contribution in [1.82, 2.24) is 15.3 Å². The second-order valence-corrected chi connectivity index (χ2v) is 4.79. The van der Waals surface area contributed by atoms with Crippen molar-refractivity contribution in [2.45, 2.75) is 13.1 Å². The van der Waals surface area contributed by atoms with Crippen LogP contribution in [0.1, 0.15) is 11.3 Å². The molecule has 2 heterocycles. The summed E-state index contributed by atoms with van der Waals surface area (Å²) in [5.74, 6) is 0. The van der Waals surface area contributed by atoms with Crippen molar-refractivity contribution in [2.24, 2.45) is 0 Å². The van der Waals surface area contributed by atoms with Gasteiger partial charge in [0.1, 0.15) is 0 Å². The highest BCUT2D eigenvalue weighted by molar-refractivity contribution is 7.07. The van der Waals surface area contributed by atoms with Gasteiger partial charge in [-0.25, -0.2) is 4.98 Å². The Kier molecular flexibility index (Phi) is 3.30. The number of benzene rings is 1. The van der Waals surface area contributed by atoms with Gasteiger partial charge in [-0.3, -0.25) is 4.98 Å². The average Bonchev–Trinajstić information content (AvgIpc) is 2.92. The first-order valence-corrected chi connectivity index (χ1v) is 6.78. The lowest BCUT2D eigenvalue weighted by molar-refractivity contribution is 0.685. The molecule has 0 aliphatic carbocycles. The number of aromatic nitrogens is 2. The second kappa shape index (κ2) is 5.25. The van der Waals surface area contributed by atoms with Crippen molar-refractivity contribution < 1.29 is 0 Å². The lowest BCUT2D eigenvalue weighted by Crippen LogP contribution is -2.13. The molecule has 1 N–H and O–H groups in total. The lowest BCUT2D eigenvalue weighted by atomic mass is 10.1. The van der Waals surface area contributed by atoms with Gasteiger partial charge < -0.3 is 5.32 Å². The van der Waals surface area contributed by atoms with Gasteiger partial charge in [0.25, 0.3) is 0 Å². The minimum atomic E-state index is 0.806. The summed E-state index contributed by atoms with van der Waals surface area (Å²) in [5, 5.41) is 6.69. The van der Waals surface area contributed by atoms with Crippen LogP contribution in [0.2, 0.25) is 0 Å².